The Morgan fingerprint density at radius 2 is 2.40 bits per heavy atom. The Labute approximate surface area is 126 Å². The molecule has 2 heterocycles. The maximum atomic E-state index is 13.0. The van der Waals surface area contributed by atoms with E-state index in [-0.39, 0.29) is 12.2 Å². The van der Waals surface area contributed by atoms with Crippen LogP contribution in [0, 0.1) is 0 Å². The second-order valence-corrected chi connectivity index (χ2v) is 5.55. The van der Waals surface area contributed by atoms with Crippen LogP contribution in [0.2, 0.25) is 0 Å². The Bertz CT molecular complexity index is 528. The molecule has 1 aromatic rings. The van der Waals surface area contributed by atoms with Gasteiger partial charge >= 0.3 is 5.97 Å². The summed E-state index contributed by atoms with van der Waals surface area (Å²) < 4.78 is 18.2. The van der Waals surface area contributed by atoms with Crippen LogP contribution in [-0.4, -0.2) is 30.4 Å². The van der Waals surface area contributed by atoms with E-state index in [2.05, 4.69) is 10.6 Å². The molecule has 108 valence electrons. The number of hydrogen-bond donors (Lipinski definition) is 2. The van der Waals surface area contributed by atoms with Crippen molar-refractivity contribution >= 4 is 34.6 Å². The zero-order chi connectivity index (χ0) is 14.5. The summed E-state index contributed by atoms with van der Waals surface area (Å²) in [6.45, 7) is 1.25. The predicted octanol–water partition coefficient (Wildman–Crippen LogP) is 1.92. The maximum Gasteiger partial charge on any atom is 0.337 e. The van der Waals surface area contributed by atoms with E-state index in [9.17, 15) is 9.18 Å². The van der Waals surface area contributed by atoms with Crippen LogP contribution in [0.3, 0.4) is 0 Å². The molecule has 0 aliphatic carbocycles. The molecule has 0 aromatic carbocycles. The molecule has 0 spiro atoms. The summed E-state index contributed by atoms with van der Waals surface area (Å²) >= 11 is 6.53. The maximum absolute atomic E-state index is 13.0. The van der Waals surface area contributed by atoms with Gasteiger partial charge in [0.2, 0.25) is 0 Å². The van der Waals surface area contributed by atoms with Crippen LogP contribution in [0.1, 0.15) is 12.5 Å². The van der Waals surface area contributed by atoms with Crippen molar-refractivity contribution in [3.63, 3.8) is 0 Å². The van der Waals surface area contributed by atoms with Crippen LogP contribution >= 0.6 is 23.6 Å². The summed E-state index contributed by atoms with van der Waals surface area (Å²) in [7, 11) is 0. The lowest BCUT2D eigenvalue weighted by atomic mass is 10.0. The number of carbonyl (C=O) groups excluding carboxylic acids is 1. The van der Waals surface area contributed by atoms with Crippen LogP contribution in [-0.2, 0) is 16.0 Å². The van der Waals surface area contributed by atoms with Crippen molar-refractivity contribution in [1.29, 1.82) is 0 Å². The zero-order valence-electron chi connectivity index (χ0n) is 10.9. The number of nitrogens with one attached hydrogen (secondary N) is 2. The van der Waals surface area contributed by atoms with Gasteiger partial charge in [0.1, 0.15) is 6.67 Å². The van der Waals surface area contributed by atoms with Gasteiger partial charge in [-0.15, -0.1) is 0 Å². The molecule has 0 saturated carbocycles. The molecule has 0 saturated heterocycles. The highest BCUT2D eigenvalue weighted by Crippen LogP contribution is 2.15. The van der Waals surface area contributed by atoms with Crippen molar-refractivity contribution in [2.75, 3.05) is 13.3 Å². The Hall–Kier alpha value is -1.47. The second-order valence-electron chi connectivity index (χ2n) is 4.36. The first kappa shape index (κ1) is 14.9. The molecule has 20 heavy (non-hydrogen) atoms. The average molecular weight is 314 g/mol. The molecule has 0 amide bonds. The number of allylic oxidation sites excluding steroid dienone is 1. The van der Waals surface area contributed by atoms with Crippen molar-refractivity contribution in [1.82, 2.24) is 10.6 Å². The van der Waals surface area contributed by atoms with Gasteiger partial charge in [-0.1, -0.05) is 0 Å². The number of esters is 1. The van der Waals surface area contributed by atoms with Crippen molar-refractivity contribution < 1.29 is 13.9 Å². The predicted molar refractivity (Wildman–Crippen MR) is 80.3 cm³/mol. The van der Waals surface area contributed by atoms with Gasteiger partial charge in [-0.25, -0.2) is 9.18 Å². The Morgan fingerprint density at radius 1 is 1.60 bits per heavy atom. The number of thiophene rings is 1. The lowest BCUT2D eigenvalue weighted by molar-refractivity contribution is -0.139. The fourth-order valence-corrected chi connectivity index (χ4v) is 2.95. The SMILES string of the molecule is CC1=C(C(=O)OCCc2ccsc2)[C@@H](CF)NC(=S)N1. The van der Waals surface area contributed by atoms with Gasteiger partial charge in [0.25, 0.3) is 0 Å². The van der Waals surface area contributed by atoms with Crippen LogP contribution in [0.5, 0.6) is 0 Å². The van der Waals surface area contributed by atoms with Gasteiger partial charge < -0.3 is 15.4 Å². The number of halogens is 1. The molecule has 7 heteroatoms. The lowest BCUT2D eigenvalue weighted by Gasteiger charge is -2.27. The minimum Gasteiger partial charge on any atom is -0.462 e. The van der Waals surface area contributed by atoms with Gasteiger partial charge in [0, 0.05) is 12.1 Å². The standard InChI is InChI=1S/C13H15FN2O2S2/c1-8-11(10(6-14)16-13(19)15-8)12(17)18-4-2-9-3-5-20-7-9/h3,5,7,10H,2,4,6H2,1H3,(H2,15,16,19)/t10-/m1/s1. The zero-order valence-corrected chi connectivity index (χ0v) is 12.6. The van der Waals surface area contributed by atoms with Crippen LogP contribution in [0.15, 0.2) is 28.1 Å². The average Bonchev–Trinajstić information content (AvgIpc) is 2.90. The molecule has 1 aromatic heterocycles. The summed E-state index contributed by atoms with van der Waals surface area (Å²) in [6, 6.07) is 1.24. The van der Waals surface area contributed by atoms with Crippen LogP contribution < -0.4 is 10.6 Å². The number of alkyl halides is 1. The van der Waals surface area contributed by atoms with E-state index in [1.165, 1.54) is 0 Å². The largest absolute Gasteiger partial charge is 0.462 e. The molecule has 1 aliphatic rings. The molecule has 0 unspecified atom stereocenters. The highest BCUT2D eigenvalue weighted by atomic mass is 32.1. The summed E-state index contributed by atoms with van der Waals surface area (Å²) in [4.78, 5) is 12.0. The van der Waals surface area contributed by atoms with Crippen molar-refractivity contribution in [3.8, 4) is 0 Å². The number of thiocarbonyl (C=S) groups is 1. The Balaban J connectivity index is 1.96. The normalized spacial score (nSPS) is 18.5. The fraction of sp³-hybridized carbons (Fsp3) is 0.385. The Kier molecular flexibility index (Phi) is 5.08. The fourth-order valence-electron chi connectivity index (χ4n) is 1.95. The van der Waals surface area contributed by atoms with Crippen molar-refractivity contribution in [2.24, 2.45) is 0 Å². The molecule has 2 N–H and O–H groups in total. The number of hydrogen-bond acceptors (Lipinski definition) is 4. The third kappa shape index (κ3) is 3.55. The van der Waals surface area contributed by atoms with Crippen molar-refractivity contribution in [3.05, 3.63) is 33.7 Å². The first-order valence-corrected chi connectivity index (χ1v) is 7.49. The quantitative estimate of drug-likeness (QED) is 0.642. The molecule has 0 radical (unpaired) electrons. The van der Waals surface area contributed by atoms with E-state index >= 15 is 0 Å². The second kappa shape index (κ2) is 6.81. The number of rotatable bonds is 5. The van der Waals surface area contributed by atoms with E-state index in [0.717, 1.165) is 5.56 Å². The first-order valence-electron chi connectivity index (χ1n) is 6.14. The minimum absolute atomic E-state index is 0.270. The van der Waals surface area contributed by atoms with E-state index in [4.69, 9.17) is 17.0 Å². The molecule has 0 fully saturated rings. The van der Waals surface area contributed by atoms with E-state index in [1.807, 2.05) is 16.8 Å². The summed E-state index contributed by atoms with van der Waals surface area (Å²) in [6.07, 6.45) is 0.654. The van der Waals surface area contributed by atoms with Gasteiger partial charge in [0.05, 0.1) is 18.2 Å². The van der Waals surface area contributed by atoms with E-state index < -0.39 is 18.7 Å². The van der Waals surface area contributed by atoms with Crippen LogP contribution in [0.25, 0.3) is 0 Å². The molecule has 1 aliphatic heterocycles. The topological polar surface area (TPSA) is 50.4 Å². The van der Waals surface area contributed by atoms with Gasteiger partial charge in [-0.3, -0.25) is 0 Å². The number of ether oxygens (including phenoxy) is 1. The summed E-state index contributed by atoms with van der Waals surface area (Å²) in [5.74, 6) is -0.511. The van der Waals surface area contributed by atoms with E-state index in [0.29, 0.717) is 17.2 Å². The molecule has 0 bridgehead atoms. The van der Waals surface area contributed by atoms with Gasteiger partial charge in [-0.2, -0.15) is 11.3 Å². The van der Waals surface area contributed by atoms with Gasteiger partial charge in [-0.05, 0) is 41.5 Å². The summed E-state index contributed by atoms with van der Waals surface area (Å²) in [5.41, 5.74) is 1.93. The molecule has 2 rings (SSSR count). The third-order valence-corrected chi connectivity index (χ3v) is 3.89. The summed E-state index contributed by atoms with van der Waals surface area (Å²) in [5, 5.41) is 9.83. The number of carbonyl (C=O) groups is 1. The Morgan fingerprint density at radius 3 is 3.05 bits per heavy atom. The van der Waals surface area contributed by atoms with Gasteiger partial charge in [0.15, 0.2) is 5.11 Å². The molecular weight excluding hydrogens is 299 g/mol. The highest BCUT2D eigenvalue weighted by molar-refractivity contribution is 7.80. The smallest absolute Gasteiger partial charge is 0.337 e. The highest BCUT2D eigenvalue weighted by Gasteiger charge is 2.29. The van der Waals surface area contributed by atoms with Crippen LogP contribution in [0.4, 0.5) is 4.39 Å². The molecule has 1 atom stereocenters. The third-order valence-electron chi connectivity index (χ3n) is 2.94. The molecule has 4 nitrogen and oxygen atoms in total. The minimum atomic E-state index is -0.739. The monoisotopic (exact) mass is 314 g/mol. The molecular formula is C13H15FN2O2S2. The van der Waals surface area contributed by atoms with E-state index in [1.54, 1.807) is 18.3 Å². The van der Waals surface area contributed by atoms with Crippen molar-refractivity contribution in [2.45, 2.75) is 19.4 Å². The lowest BCUT2D eigenvalue weighted by Crippen LogP contribution is -2.50. The first-order chi connectivity index (χ1) is 9.61.